The molecule has 4 rings (SSSR count). The van der Waals surface area contributed by atoms with Gasteiger partial charge >= 0.3 is 11.9 Å². The van der Waals surface area contributed by atoms with Gasteiger partial charge in [0.25, 0.3) is 0 Å². The monoisotopic (exact) mass is 498 g/mol. The Labute approximate surface area is 182 Å². The Balaban J connectivity index is 1.74. The van der Waals surface area contributed by atoms with Gasteiger partial charge in [-0.05, 0) is 45.9 Å². The third-order valence-corrected chi connectivity index (χ3v) is 6.41. The number of esters is 1. The van der Waals surface area contributed by atoms with Crippen LogP contribution in [0.1, 0.15) is 23.0 Å². The average molecular weight is 498 g/mol. The van der Waals surface area contributed by atoms with E-state index >= 15 is 0 Å². The largest absolute Gasteiger partial charge is 0.481 e. The summed E-state index contributed by atoms with van der Waals surface area (Å²) in [5.41, 5.74) is 1.69. The first kappa shape index (κ1) is 19.6. The fourth-order valence-corrected chi connectivity index (χ4v) is 4.73. The number of carboxylic acid groups (broad SMARTS) is 1. The molecule has 1 fully saturated rings. The number of carbonyl (C=O) groups excluding carboxylic acids is 1. The summed E-state index contributed by atoms with van der Waals surface area (Å²) in [7, 11) is 0. The molecule has 0 bridgehead atoms. The Morgan fingerprint density at radius 1 is 0.724 bits per heavy atom. The molecule has 1 saturated carbocycles. The number of benzene rings is 3. The van der Waals surface area contributed by atoms with Gasteiger partial charge in [0.15, 0.2) is 0 Å². The van der Waals surface area contributed by atoms with Crippen molar-refractivity contribution in [1.29, 1.82) is 0 Å². The van der Waals surface area contributed by atoms with E-state index in [1.54, 1.807) is 6.07 Å². The normalized spacial score (nSPS) is 23.1. The highest BCUT2D eigenvalue weighted by Crippen LogP contribution is 2.58. The van der Waals surface area contributed by atoms with Gasteiger partial charge in [0.2, 0.25) is 0 Å². The second kappa shape index (κ2) is 8.37. The van der Waals surface area contributed by atoms with E-state index in [1.165, 1.54) is 0 Å². The van der Waals surface area contributed by atoms with Gasteiger partial charge in [-0.3, -0.25) is 9.59 Å². The van der Waals surface area contributed by atoms with Crippen molar-refractivity contribution in [3.63, 3.8) is 0 Å². The van der Waals surface area contributed by atoms with Crippen LogP contribution in [0.3, 0.4) is 0 Å². The number of carboxylic acids is 1. The summed E-state index contributed by atoms with van der Waals surface area (Å²) in [4.78, 5) is 25.4. The summed E-state index contributed by atoms with van der Waals surface area (Å²) in [6.07, 6.45) is 0. The number of hydrogen-bond acceptors (Lipinski definition) is 3. The Morgan fingerprint density at radius 2 is 1.21 bits per heavy atom. The van der Waals surface area contributed by atoms with Crippen LogP contribution < -0.4 is 4.74 Å². The van der Waals surface area contributed by atoms with Gasteiger partial charge in [-0.25, -0.2) is 0 Å². The van der Waals surface area contributed by atoms with E-state index in [2.05, 4.69) is 22.6 Å². The second-order valence-electron chi connectivity index (χ2n) is 7.11. The van der Waals surface area contributed by atoms with Crippen LogP contribution in [0.25, 0.3) is 0 Å². The summed E-state index contributed by atoms with van der Waals surface area (Å²) < 4.78 is 6.57. The lowest BCUT2D eigenvalue weighted by Gasteiger charge is -2.49. The molecule has 2 atom stereocenters. The third-order valence-electron chi connectivity index (χ3n) is 5.52. The zero-order chi connectivity index (χ0) is 20.4. The fourth-order valence-electron chi connectivity index (χ4n) is 4.23. The zero-order valence-corrected chi connectivity index (χ0v) is 17.6. The molecule has 3 aromatic carbocycles. The van der Waals surface area contributed by atoms with E-state index < -0.39 is 35.6 Å². The Bertz CT molecular complexity index is 972. The standard InChI is InChI=1S/C24H19IO4/c25-17-13-7-8-14-18(17)29-24(28)22-19(15-9-3-1-4-10-15)21(23(26)27)20(22)16-11-5-2-6-12-16/h1-14,19-22H,(H,26,27)/t19-,20-,21-,22-/m0/s1. The highest BCUT2D eigenvalue weighted by atomic mass is 127. The maximum absolute atomic E-state index is 13.3. The van der Waals surface area contributed by atoms with Crippen LogP contribution in [0.5, 0.6) is 5.75 Å². The van der Waals surface area contributed by atoms with E-state index in [-0.39, 0.29) is 0 Å². The summed E-state index contributed by atoms with van der Waals surface area (Å²) in [6, 6.07) is 26.1. The minimum absolute atomic E-state index is 0.394. The van der Waals surface area contributed by atoms with Crippen LogP contribution in [-0.4, -0.2) is 17.0 Å². The van der Waals surface area contributed by atoms with Crippen LogP contribution in [-0.2, 0) is 9.59 Å². The van der Waals surface area contributed by atoms with Gasteiger partial charge in [-0.2, -0.15) is 0 Å². The lowest BCUT2D eigenvalue weighted by Crippen LogP contribution is -2.52. The van der Waals surface area contributed by atoms with Crippen molar-refractivity contribution in [3.05, 3.63) is 99.6 Å². The second-order valence-corrected chi connectivity index (χ2v) is 8.28. The van der Waals surface area contributed by atoms with E-state index in [1.807, 2.05) is 78.9 Å². The van der Waals surface area contributed by atoms with Crippen molar-refractivity contribution in [2.75, 3.05) is 0 Å². The Morgan fingerprint density at radius 3 is 1.69 bits per heavy atom. The maximum Gasteiger partial charge on any atom is 0.315 e. The first-order valence-corrected chi connectivity index (χ1v) is 10.4. The quantitative estimate of drug-likeness (QED) is 0.302. The van der Waals surface area contributed by atoms with Crippen molar-refractivity contribution < 1.29 is 19.4 Å². The fraction of sp³-hybridized carbons (Fsp3) is 0.167. The molecule has 0 radical (unpaired) electrons. The topological polar surface area (TPSA) is 63.6 Å². The highest BCUT2D eigenvalue weighted by Gasteiger charge is 2.59. The summed E-state index contributed by atoms with van der Waals surface area (Å²) in [6.45, 7) is 0. The average Bonchev–Trinajstić information content (AvgIpc) is 2.70. The smallest absolute Gasteiger partial charge is 0.315 e. The first-order chi connectivity index (χ1) is 14.1. The van der Waals surface area contributed by atoms with Gasteiger partial charge in [0.05, 0.1) is 15.4 Å². The van der Waals surface area contributed by atoms with Crippen LogP contribution >= 0.6 is 22.6 Å². The Hall–Kier alpha value is -2.67. The van der Waals surface area contributed by atoms with Crippen molar-refractivity contribution in [2.24, 2.45) is 11.8 Å². The number of hydrogen-bond donors (Lipinski definition) is 1. The molecule has 0 saturated heterocycles. The molecule has 3 aromatic rings. The number of aliphatic carboxylic acids is 1. The third kappa shape index (κ3) is 3.79. The molecule has 0 unspecified atom stereocenters. The minimum atomic E-state index is -0.897. The van der Waals surface area contributed by atoms with Crippen molar-refractivity contribution in [1.82, 2.24) is 0 Å². The lowest BCUT2D eigenvalue weighted by molar-refractivity contribution is -0.158. The molecule has 0 heterocycles. The molecule has 146 valence electrons. The van der Waals surface area contributed by atoms with Crippen molar-refractivity contribution in [2.45, 2.75) is 11.8 Å². The molecule has 0 amide bonds. The number of rotatable bonds is 5. The molecule has 0 aliphatic heterocycles. The molecule has 29 heavy (non-hydrogen) atoms. The summed E-state index contributed by atoms with van der Waals surface area (Å²) in [5.74, 6) is -2.93. The van der Waals surface area contributed by atoms with Crippen LogP contribution in [0.15, 0.2) is 84.9 Å². The number of halogens is 1. The Kier molecular flexibility index (Phi) is 5.67. The van der Waals surface area contributed by atoms with E-state index in [0.29, 0.717) is 5.75 Å². The van der Waals surface area contributed by atoms with Gasteiger partial charge in [0.1, 0.15) is 5.75 Å². The lowest BCUT2D eigenvalue weighted by atomic mass is 9.52. The van der Waals surface area contributed by atoms with Crippen LogP contribution in [0.2, 0.25) is 0 Å². The summed E-state index contributed by atoms with van der Waals surface area (Å²) in [5, 5.41) is 9.98. The predicted octanol–water partition coefficient (Wildman–Crippen LogP) is 5.09. The SMILES string of the molecule is O=C(O)[C@H]1[C@H](c2ccccc2)[C@H](C(=O)Oc2ccccc2I)[C@H]1c1ccccc1. The molecular weight excluding hydrogens is 479 g/mol. The molecule has 5 heteroatoms. The van der Waals surface area contributed by atoms with E-state index in [0.717, 1.165) is 14.7 Å². The predicted molar refractivity (Wildman–Crippen MR) is 118 cm³/mol. The van der Waals surface area contributed by atoms with E-state index in [9.17, 15) is 14.7 Å². The van der Waals surface area contributed by atoms with E-state index in [4.69, 9.17) is 4.74 Å². The first-order valence-electron chi connectivity index (χ1n) is 9.37. The summed E-state index contributed by atoms with van der Waals surface area (Å²) >= 11 is 2.12. The number of para-hydroxylation sites is 1. The van der Waals surface area contributed by atoms with Gasteiger partial charge in [0, 0.05) is 11.8 Å². The van der Waals surface area contributed by atoms with Gasteiger partial charge < -0.3 is 9.84 Å². The molecule has 1 aliphatic rings. The molecule has 0 spiro atoms. The zero-order valence-electron chi connectivity index (χ0n) is 15.4. The molecular formula is C24H19IO4. The van der Waals surface area contributed by atoms with Crippen molar-refractivity contribution >= 4 is 34.5 Å². The number of carbonyl (C=O) groups is 2. The number of ether oxygens (including phenoxy) is 1. The van der Waals surface area contributed by atoms with Crippen molar-refractivity contribution in [3.8, 4) is 5.75 Å². The highest BCUT2D eigenvalue weighted by molar-refractivity contribution is 14.1. The van der Waals surface area contributed by atoms with Gasteiger partial charge in [-0.15, -0.1) is 0 Å². The van der Waals surface area contributed by atoms with Gasteiger partial charge in [-0.1, -0.05) is 72.8 Å². The van der Waals surface area contributed by atoms with Crippen LogP contribution in [0, 0.1) is 15.4 Å². The molecule has 0 aromatic heterocycles. The molecule has 1 aliphatic carbocycles. The maximum atomic E-state index is 13.3. The molecule has 4 nitrogen and oxygen atoms in total. The molecule has 1 N–H and O–H groups in total. The van der Waals surface area contributed by atoms with Crippen LogP contribution in [0.4, 0.5) is 0 Å². The minimum Gasteiger partial charge on any atom is -0.481 e.